The minimum atomic E-state index is -4.63. The SMILES string of the molecule is O[C@]1(c2ccccc2C(F)(F)F)COCC2(C1)OC[C@H](c1ccc(F)cc1)N2Cc1ccccc1. The van der Waals surface area contributed by atoms with E-state index in [1.54, 1.807) is 12.1 Å². The van der Waals surface area contributed by atoms with Gasteiger partial charge in [0.1, 0.15) is 17.1 Å². The third-order valence-electron chi connectivity index (χ3n) is 6.83. The van der Waals surface area contributed by atoms with E-state index < -0.39 is 23.1 Å². The average Bonchev–Trinajstić information content (AvgIpc) is 3.16. The molecule has 0 aromatic heterocycles. The molecule has 1 N–H and O–H groups in total. The molecule has 3 aromatic carbocycles. The van der Waals surface area contributed by atoms with Gasteiger partial charge in [0.25, 0.3) is 0 Å². The lowest BCUT2D eigenvalue weighted by atomic mass is 9.81. The van der Waals surface area contributed by atoms with Crippen LogP contribution in [-0.2, 0) is 27.8 Å². The maximum Gasteiger partial charge on any atom is 0.416 e. The number of ether oxygens (including phenoxy) is 2. The number of benzene rings is 3. The lowest BCUT2D eigenvalue weighted by molar-refractivity contribution is -0.233. The minimum absolute atomic E-state index is 0.0774. The first-order valence-electron chi connectivity index (χ1n) is 11.4. The number of hydrogen-bond donors (Lipinski definition) is 1. The zero-order valence-corrected chi connectivity index (χ0v) is 18.8. The average molecular weight is 487 g/mol. The van der Waals surface area contributed by atoms with E-state index in [0.717, 1.165) is 17.2 Å². The van der Waals surface area contributed by atoms with Crippen LogP contribution in [0.5, 0.6) is 0 Å². The third kappa shape index (κ3) is 4.59. The molecule has 35 heavy (non-hydrogen) atoms. The number of nitrogens with zero attached hydrogens (tertiary/aromatic N) is 1. The summed E-state index contributed by atoms with van der Waals surface area (Å²) in [6, 6.07) is 20.4. The van der Waals surface area contributed by atoms with Gasteiger partial charge >= 0.3 is 6.18 Å². The number of aliphatic hydroxyl groups is 1. The predicted molar refractivity (Wildman–Crippen MR) is 121 cm³/mol. The molecule has 2 aliphatic rings. The smallest absolute Gasteiger partial charge is 0.383 e. The summed E-state index contributed by atoms with van der Waals surface area (Å²) in [6.07, 6.45) is -4.74. The van der Waals surface area contributed by atoms with Crippen LogP contribution in [0.2, 0.25) is 0 Å². The standard InChI is InChI=1S/C27H25F4NO3/c28-21-12-10-20(11-13-21)24-15-35-26(32(24)14-19-6-2-1-3-7-19)16-25(33,17-34-18-26)22-8-4-5-9-23(22)27(29,30)31/h1-13,24,33H,14-18H2/t24-,25+,26?/m1/s1. The van der Waals surface area contributed by atoms with Gasteiger partial charge in [-0.15, -0.1) is 0 Å². The van der Waals surface area contributed by atoms with Crippen molar-refractivity contribution in [3.63, 3.8) is 0 Å². The molecule has 2 fully saturated rings. The van der Waals surface area contributed by atoms with Crippen LogP contribution in [-0.4, -0.2) is 35.6 Å². The molecule has 5 rings (SSSR count). The summed E-state index contributed by atoms with van der Waals surface area (Å²) in [5.74, 6) is -0.365. The van der Waals surface area contributed by atoms with Crippen LogP contribution >= 0.6 is 0 Å². The minimum Gasteiger partial charge on any atom is -0.383 e. The topological polar surface area (TPSA) is 41.9 Å². The van der Waals surface area contributed by atoms with Crippen LogP contribution in [0.25, 0.3) is 0 Å². The van der Waals surface area contributed by atoms with Gasteiger partial charge in [-0.25, -0.2) is 4.39 Å². The second kappa shape index (κ2) is 9.02. The van der Waals surface area contributed by atoms with E-state index in [9.17, 15) is 22.7 Å². The van der Waals surface area contributed by atoms with E-state index in [-0.39, 0.29) is 43.7 Å². The van der Waals surface area contributed by atoms with E-state index in [4.69, 9.17) is 9.47 Å². The zero-order valence-electron chi connectivity index (χ0n) is 18.8. The Morgan fingerprint density at radius 2 is 1.60 bits per heavy atom. The summed E-state index contributed by atoms with van der Waals surface area (Å²) < 4.78 is 67.0. The summed E-state index contributed by atoms with van der Waals surface area (Å²) in [4.78, 5) is 2.01. The highest BCUT2D eigenvalue weighted by atomic mass is 19.4. The van der Waals surface area contributed by atoms with Gasteiger partial charge < -0.3 is 14.6 Å². The van der Waals surface area contributed by atoms with Crippen LogP contribution in [0, 0.1) is 5.82 Å². The summed E-state index contributed by atoms with van der Waals surface area (Å²) in [5, 5.41) is 11.6. The van der Waals surface area contributed by atoms with Crippen molar-refractivity contribution >= 4 is 0 Å². The normalized spacial score (nSPS) is 27.4. The van der Waals surface area contributed by atoms with E-state index in [1.807, 2.05) is 35.2 Å². The lowest BCUT2D eigenvalue weighted by Gasteiger charge is -2.48. The molecule has 3 atom stereocenters. The predicted octanol–water partition coefficient (Wildman–Crippen LogP) is 5.42. The number of hydrogen-bond acceptors (Lipinski definition) is 4. The fraction of sp³-hybridized carbons (Fsp3) is 0.333. The Morgan fingerprint density at radius 3 is 2.31 bits per heavy atom. The number of alkyl halides is 3. The maximum atomic E-state index is 13.8. The van der Waals surface area contributed by atoms with Crippen molar-refractivity contribution < 1.29 is 32.1 Å². The van der Waals surface area contributed by atoms with Crippen molar-refractivity contribution in [3.8, 4) is 0 Å². The van der Waals surface area contributed by atoms with Gasteiger partial charge in [0, 0.05) is 13.0 Å². The molecule has 3 aromatic rings. The van der Waals surface area contributed by atoms with Crippen molar-refractivity contribution in [1.29, 1.82) is 0 Å². The fourth-order valence-corrected chi connectivity index (χ4v) is 5.21. The van der Waals surface area contributed by atoms with Gasteiger partial charge in [0.2, 0.25) is 0 Å². The van der Waals surface area contributed by atoms with E-state index in [2.05, 4.69) is 0 Å². The molecule has 0 bridgehead atoms. The monoisotopic (exact) mass is 487 g/mol. The van der Waals surface area contributed by atoms with Gasteiger partial charge in [-0.05, 0) is 34.9 Å². The second-order valence-corrected chi connectivity index (χ2v) is 9.18. The molecule has 2 saturated heterocycles. The summed E-state index contributed by atoms with van der Waals surface area (Å²) in [7, 11) is 0. The molecule has 0 amide bonds. The van der Waals surface area contributed by atoms with Crippen LogP contribution in [0.4, 0.5) is 17.6 Å². The molecule has 2 aliphatic heterocycles. The third-order valence-corrected chi connectivity index (χ3v) is 6.83. The lowest BCUT2D eigenvalue weighted by Crippen LogP contribution is -2.58. The molecule has 1 spiro atoms. The highest BCUT2D eigenvalue weighted by Gasteiger charge is 2.56. The van der Waals surface area contributed by atoms with Gasteiger partial charge in [-0.3, -0.25) is 4.90 Å². The van der Waals surface area contributed by atoms with Crippen LogP contribution in [0.3, 0.4) is 0 Å². The fourth-order valence-electron chi connectivity index (χ4n) is 5.21. The van der Waals surface area contributed by atoms with Crippen LogP contribution in [0.15, 0.2) is 78.9 Å². The first-order chi connectivity index (χ1) is 16.7. The van der Waals surface area contributed by atoms with Crippen molar-refractivity contribution in [2.45, 2.75) is 36.5 Å². The molecule has 0 aliphatic carbocycles. The molecule has 1 unspecified atom stereocenters. The Hall–Kier alpha value is -2.78. The molecule has 2 heterocycles. The van der Waals surface area contributed by atoms with Crippen molar-refractivity contribution in [2.24, 2.45) is 0 Å². The van der Waals surface area contributed by atoms with Crippen molar-refractivity contribution in [3.05, 3.63) is 107 Å². The van der Waals surface area contributed by atoms with E-state index in [1.165, 1.54) is 30.3 Å². The van der Waals surface area contributed by atoms with E-state index in [0.29, 0.717) is 6.54 Å². The largest absolute Gasteiger partial charge is 0.416 e. The van der Waals surface area contributed by atoms with Gasteiger partial charge in [-0.2, -0.15) is 13.2 Å². The van der Waals surface area contributed by atoms with Crippen LogP contribution in [0.1, 0.15) is 34.7 Å². The second-order valence-electron chi connectivity index (χ2n) is 9.18. The molecule has 0 saturated carbocycles. The van der Waals surface area contributed by atoms with E-state index >= 15 is 0 Å². The molecule has 8 heteroatoms. The maximum absolute atomic E-state index is 13.8. The Kier molecular flexibility index (Phi) is 6.17. The Bertz CT molecular complexity index is 1170. The van der Waals surface area contributed by atoms with Crippen LogP contribution < -0.4 is 0 Å². The highest BCUT2D eigenvalue weighted by molar-refractivity contribution is 5.36. The van der Waals surface area contributed by atoms with Gasteiger partial charge in [0.05, 0.1) is 31.4 Å². The number of halogens is 4. The summed E-state index contributed by atoms with van der Waals surface area (Å²) in [5.41, 5.74) is -2.46. The first-order valence-corrected chi connectivity index (χ1v) is 11.4. The summed E-state index contributed by atoms with van der Waals surface area (Å²) >= 11 is 0. The highest BCUT2D eigenvalue weighted by Crippen LogP contribution is 2.49. The molecule has 0 radical (unpaired) electrons. The Balaban J connectivity index is 1.55. The van der Waals surface area contributed by atoms with Crippen molar-refractivity contribution in [1.82, 2.24) is 4.90 Å². The van der Waals surface area contributed by atoms with Crippen molar-refractivity contribution in [2.75, 3.05) is 19.8 Å². The molecule has 4 nitrogen and oxygen atoms in total. The van der Waals surface area contributed by atoms with Gasteiger partial charge in [0.15, 0.2) is 0 Å². The summed E-state index contributed by atoms with van der Waals surface area (Å²) in [6.45, 7) is 0.418. The quantitative estimate of drug-likeness (QED) is 0.499. The Morgan fingerprint density at radius 1 is 0.914 bits per heavy atom. The Labute approximate surface area is 200 Å². The number of rotatable bonds is 4. The molecular weight excluding hydrogens is 462 g/mol. The molecular formula is C27H25F4NO3. The zero-order chi connectivity index (χ0) is 24.7. The van der Waals surface area contributed by atoms with Gasteiger partial charge in [-0.1, -0.05) is 60.7 Å². The first kappa shape index (κ1) is 23.9. The molecule has 184 valence electrons.